The van der Waals surface area contributed by atoms with Gasteiger partial charge in [-0.3, -0.25) is 0 Å². The molecule has 20 heavy (non-hydrogen) atoms. The summed E-state index contributed by atoms with van der Waals surface area (Å²) in [5, 5.41) is 12.5. The number of nitrogens with zero attached hydrogens (tertiary/aromatic N) is 1. The average Bonchev–Trinajstić information content (AvgIpc) is 2.53. The Morgan fingerprint density at radius 1 is 1.00 bits per heavy atom. The number of nitriles is 1. The van der Waals surface area contributed by atoms with Crippen LogP contribution in [-0.2, 0) is 0 Å². The summed E-state index contributed by atoms with van der Waals surface area (Å²) < 4.78 is 10.4. The van der Waals surface area contributed by atoms with Gasteiger partial charge in [0.15, 0.2) is 0 Å². The highest BCUT2D eigenvalue weighted by Gasteiger charge is 2.12. The summed E-state index contributed by atoms with van der Waals surface area (Å²) in [4.78, 5) is 0. The van der Waals surface area contributed by atoms with Gasteiger partial charge in [0, 0.05) is 0 Å². The number of methoxy groups -OCH3 is 2. The molecule has 4 heteroatoms. The van der Waals surface area contributed by atoms with Gasteiger partial charge in [-0.1, -0.05) is 24.3 Å². The van der Waals surface area contributed by atoms with Crippen molar-refractivity contribution in [3.8, 4) is 17.6 Å². The van der Waals surface area contributed by atoms with Crippen molar-refractivity contribution < 1.29 is 9.47 Å². The molecule has 0 aliphatic carbocycles. The molecule has 1 atom stereocenters. The molecule has 4 nitrogen and oxygen atoms in total. The average molecular weight is 268 g/mol. The Bertz CT molecular complexity index is 603. The molecule has 2 aromatic rings. The van der Waals surface area contributed by atoms with Gasteiger partial charge in [0.2, 0.25) is 0 Å². The third-order valence-electron chi connectivity index (χ3n) is 2.99. The predicted molar refractivity (Wildman–Crippen MR) is 78.0 cm³/mol. The second kappa shape index (κ2) is 6.48. The van der Waals surface area contributed by atoms with E-state index in [0.29, 0.717) is 5.75 Å². The van der Waals surface area contributed by atoms with Crippen molar-refractivity contribution in [2.75, 3.05) is 19.5 Å². The van der Waals surface area contributed by atoms with Crippen LogP contribution in [0.4, 0.5) is 5.69 Å². The van der Waals surface area contributed by atoms with Crippen molar-refractivity contribution in [2.24, 2.45) is 0 Å². The van der Waals surface area contributed by atoms with Crippen LogP contribution >= 0.6 is 0 Å². The van der Waals surface area contributed by atoms with Crippen LogP contribution in [-0.4, -0.2) is 14.2 Å². The SMILES string of the molecule is COc1ccc([C@H](C#N)Nc2ccccc2OC)cc1. The Labute approximate surface area is 118 Å². The van der Waals surface area contributed by atoms with Gasteiger partial charge in [-0.2, -0.15) is 5.26 Å². The monoisotopic (exact) mass is 268 g/mol. The molecule has 0 unspecified atom stereocenters. The van der Waals surface area contributed by atoms with E-state index in [9.17, 15) is 5.26 Å². The molecule has 1 N–H and O–H groups in total. The third-order valence-corrected chi connectivity index (χ3v) is 2.99. The maximum absolute atomic E-state index is 9.35. The summed E-state index contributed by atoms with van der Waals surface area (Å²) in [7, 11) is 3.22. The Hall–Kier alpha value is -2.67. The van der Waals surface area contributed by atoms with Crippen LogP contribution in [0.1, 0.15) is 11.6 Å². The number of nitrogens with one attached hydrogen (secondary N) is 1. The molecule has 0 radical (unpaired) electrons. The summed E-state index contributed by atoms with van der Waals surface area (Å²) in [6, 6.07) is 16.7. The summed E-state index contributed by atoms with van der Waals surface area (Å²) in [5.41, 5.74) is 1.66. The van der Waals surface area contributed by atoms with E-state index in [0.717, 1.165) is 17.0 Å². The third kappa shape index (κ3) is 3.01. The van der Waals surface area contributed by atoms with Gasteiger partial charge in [0.1, 0.15) is 17.5 Å². The number of para-hydroxylation sites is 2. The highest BCUT2D eigenvalue weighted by atomic mass is 16.5. The Morgan fingerprint density at radius 3 is 2.30 bits per heavy atom. The first-order valence-electron chi connectivity index (χ1n) is 6.21. The molecule has 0 bridgehead atoms. The van der Waals surface area contributed by atoms with Crippen molar-refractivity contribution in [1.82, 2.24) is 0 Å². The summed E-state index contributed by atoms with van der Waals surface area (Å²) in [6.45, 7) is 0. The van der Waals surface area contributed by atoms with Crippen LogP contribution < -0.4 is 14.8 Å². The smallest absolute Gasteiger partial charge is 0.141 e. The van der Waals surface area contributed by atoms with Crippen LogP contribution in [0.25, 0.3) is 0 Å². The summed E-state index contributed by atoms with van der Waals surface area (Å²) in [6.07, 6.45) is 0. The van der Waals surface area contributed by atoms with E-state index in [1.807, 2.05) is 48.5 Å². The van der Waals surface area contributed by atoms with E-state index in [1.54, 1.807) is 14.2 Å². The Morgan fingerprint density at radius 2 is 1.70 bits per heavy atom. The lowest BCUT2D eigenvalue weighted by atomic mass is 10.1. The van der Waals surface area contributed by atoms with Crippen LogP contribution in [0.15, 0.2) is 48.5 Å². The normalized spacial score (nSPS) is 11.2. The summed E-state index contributed by atoms with van der Waals surface area (Å²) >= 11 is 0. The van der Waals surface area contributed by atoms with Crippen molar-refractivity contribution >= 4 is 5.69 Å². The minimum atomic E-state index is -0.447. The number of hydrogen-bond donors (Lipinski definition) is 1. The second-order valence-electron chi connectivity index (χ2n) is 4.18. The fraction of sp³-hybridized carbons (Fsp3) is 0.188. The van der Waals surface area contributed by atoms with Gasteiger partial charge in [-0.25, -0.2) is 0 Å². The number of ether oxygens (including phenoxy) is 2. The van der Waals surface area contributed by atoms with E-state index < -0.39 is 6.04 Å². The molecule has 0 spiro atoms. The molecule has 0 fully saturated rings. The Kier molecular flexibility index (Phi) is 4.46. The fourth-order valence-corrected chi connectivity index (χ4v) is 1.91. The fourth-order valence-electron chi connectivity index (χ4n) is 1.91. The van der Waals surface area contributed by atoms with E-state index in [4.69, 9.17) is 9.47 Å². The zero-order valence-corrected chi connectivity index (χ0v) is 11.5. The van der Waals surface area contributed by atoms with Crippen LogP contribution in [0, 0.1) is 11.3 Å². The molecular formula is C16H16N2O2. The van der Waals surface area contributed by atoms with Gasteiger partial charge < -0.3 is 14.8 Å². The molecule has 0 aromatic heterocycles. The maximum atomic E-state index is 9.35. The van der Waals surface area contributed by atoms with Gasteiger partial charge in [0.25, 0.3) is 0 Å². The minimum absolute atomic E-state index is 0.447. The van der Waals surface area contributed by atoms with E-state index in [2.05, 4.69) is 11.4 Å². The van der Waals surface area contributed by atoms with E-state index in [1.165, 1.54) is 0 Å². The molecule has 0 heterocycles. The topological polar surface area (TPSA) is 54.3 Å². The van der Waals surface area contributed by atoms with E-state index in [-0.39, 0.29) is 0 Å². The summed E-state index contributed by atoms with van der Waals surface area (Å²) in [5.74, 6) is 1.48. The first-order valence-corrected chi connectivity index (χ1v) is 6.21. The molecule has 0 amide bonds. The van der Waals surface area contributed by atoms with Gasteiger partial charge in [0.05, 0.1) is 26.0 Å². The van der Waals surface area contributed by atoms with Crippen molar-refractivity contribution in [2.45, 2.75) is 6.04 Å². The zero-order chi connectivity index (χ0) is 14.4. The molecule has 0 aliphatic heterocycles. The first-order chi connectivity index (χ1) is 9.78. The quantitative estimate of drug-likeness (QED) is 0.903. The highest BCUT2D eigenvalue weighted by molar-refractivity contribution is 5.58. The first kappa shape index (κ1) is 13.8. The maximum Gasteiger partial charge on any atom is 0.141 e. The lowest BCUT2D eigenvalue weighted by molar-refractivity contribution is 0.414. The molecule has 0 aliphatic rings. The largest absolute Gasteiger partial charge is 0.497 e. The second-order valence-corrected chi connectivity index (χ2v) is 4.18. The van der Waals surface area contributed by atoms with Gasteiger partial charge in [-0.05, 0) is 29.8 Å². The molecule has 2 aromatic carbocycles. The number of anilines is 1. The minimum Gasteiger partial charge on any atom is -0.497 e. The van der Waals surface area contributed by atoms with Gasteiger partial charge in [-0.15, -0.1) is 0 Å². The van der Waals surface area contributed by atoms with E-state index >= 15 is 0 Å². The molecule has 102 valence electrons. The standard InChI is InChI=1S/C16H16N2O2/c1-19-13-9-7-12(8-10-13)15(11-17)18-14-5-3-4-6-16(14)20-2/h3-10,15,18H,1-2H3/t15-/m0/s1. The number of hydrogen-bond acceptors (Lipinski definition) is 4. The van der Waals surface area contributed by atoms with Gasteiger partial charge >= 0.3 is 0 Å². The highest BCUT2D eigenvalue weighted by Crippen LogP contribution is 2.28. The van der Waals surface area contributed by atoms with Crippen molar-refractivity contribution in [3.05, 3.63) is 54.1 Å². The lowest BCUT2D eigenvalue weighted by Gasteiger charge is -2.16. The van der Waals surface area contributed by atoms with Crippen LogP contribution in [0.5, 0.6) is 11.5 Å². The molecule has 0 saturated carbocycles. The van der Waals surface area contributed by atoms with Crippen molar-refractivity contribution in [1.29, 1.82) is 5.26 Å². The Balaban J connectivity index is 2.22. The van der Waals surface area contributed by atoms with Crippen LogP contribution in [0.2, 0.25) is 0 Å². The number of benzene rings is 2. The molecule has 0 saturated heterocycles. The lowest BCUT2D eigenvalue weighted by Crippen LogP contribution is -2.09. The molecular weight excluding hydrogens is 252 g/mol. The zero-order valence-electron chi connectivity index (χ0n) is 11.5. The number of rotatable bonds is 5. The molecule has 2 rings (SSSR count). The predicted octanol–water partition coefficient (Wildman–Crippen LogP) is 3.38. The van der Waals surface area contributed by atoms with Crippen LogP contribution in [0.3, 0.4) is 0 Å². The van der Waals surface area contributed by atoms with Crippen molar-refractivity contribution in [3.63, 3.8) is 0 Å².